The summed E-state index contributed by atoms with van der Waals surface area (Å²) in [7, 11) is 0. The lowest BCUT2D eigenvalue weighted by Gasteiger charge is -2.33. The Balaban J connectivity index is 2.40. The van der Waals surface area contributed by atoms with E-state index < -0.39 is 17.5 Å². The van der Waals surface area contributed by atoms with Crippen LogP contribution in [0.1, 0.15) is 20.8 Å². The van der Waals surface area contributed by atoms with E-state index in [9.17, 15) is 9.90 Å². The van der Waals surface area contributed by atoms with Crippen LogP contribution in [0.4, 0.5) is 0 Å². The molecule has 2 rings (SSSR count). The lowest BCUT2D eigenvalue weighted by Crippen LogP contribution is -2.53. The molecule has 1 aliphatic heterocycles. The number of carbonyl (C=O) groups is 1. The Bertz CT molecular complexity index is 345. The Morgan fingerprint density at radius 3 is 2.60 bits per heavy atom. The molecule has 1 aliphatic carbocycles. The van der Waals surface area contributed by atoms with Gasteiger partial charge in [-0.25, -0.2) is 0 Å². The van der Waals surface area contributed by atoms with Crippen molar-refractivity contribution in [1.29, 1.82) is 0 Å². The van der Waals surface area contributed by atoms with Crippen molar-refractivity contribution >= 4 is 28.4 Å². The third-order valence-corrected chi connectivity index (χ3v) is 3.52. The van der Waals surface area contributed by atoms with Crippen molar-refractivity contribution in [3.8, 4) is 0 Å². The average molecular weight is 324 g/mol. The van der Waals surface area contributed by atoms with Crippen LogP contribution in [0.2, 0.25) is 0 Å². The van der Waals surface area contributed by atoms with Gasteiger partial charge < -0.3 is 14.6 Å². The molecule has 1 heterocycles. The van der Waals surface area contributed by atoms with Crippen LogP contribution in [0.3, 0.4) is 0 Å². The van der Waals surface area contributed by atoms with Crippen molar-refractivity contribution in [2.45, 2.75) is 44.4 Å². The van der Waals surface area contributed by atoms with Crippen molar-refractivity contribution in [2.75, 3.05) is 0 Å². The first-order valence-corrected chi connectivity index (χ1v) is 5.82. The predicted molar refractivity (Wildman–Crippen MR) is 61.6 cm³/mol. The molecule has 0 spiro atoms. The number of rotatable bonds is 0. The summed E-state index contributed by atoms with van der Waals surface area (Å²) in [6.45, 7) is 5.02. The number of hydrogen-bond acceptors (Lipinski definition) is 4. The Kier molecular flexibility index (Phi) is 2.50. The summed E-state index contributed by atoms with van der Waals surface area (Å²) < 4.78 is 11.6. The highest BCUT2D eigenvalue weighted by molar-refractivity contribution is 14.1. The second-order valence-electron chi connectivity index (χ2n) is 4.51. The molecule has 0 aromatic heterocycles. The first-order chi connectivity index (χ1) is 6.74. The van der Waals surface area contributed by atoms with Gasteiger partial charge in [0, 0.05) is 0 Å². The molecule has 1 fully saturated rings. The lowest BCUT2D eigenvalue weighted by molar-refractivity contribution is -0.171. The molecule has 84 valence electrons. The molecule has 1 N–H and O–H groups in total. The number of ketones is 1. The molecule has 0 unspecified atom stereocenters. The zero-order valence-electron chi connectivity index (χ0n) is 8.78. The molecule has 0 aromatic carbocycles. The molecule has 0 aromatic rings. The van der Waals surface area contributed by atoms with Crippen molar-refractivity contribution in [1.82, 2.24) is 0 Å². The van der Waals surface area contributed by atoms with Gasteiger partial charge in [0.2, 0.25) is 5.78 Å². The quantitative estimate of drug-likeness (QED) is 0.680. The average Bonchev–Trinajstić information content (AvgIpc) is 2.38. The Labute approximate surface area is 102 Å². The minimum absolute atomic E-state index is 0.300. The number of Topliss-reactive ketones (excluding diaryl/α,β-unsaturated/α-hetero) is 1. The first kappa shape index (κ1) is 11.5. The number of aliphatic hydroxyl groups is 1. The van der Waals surface area contributed by atoms with Gasteiger partial charge in [-0.2, -0.15) is 0 Å². The monoisotopic (exact) mass is 324 g/mol. The number of fused-ring (bicyclic) bond motifs is 1. The van der Waals surface area contributed by atoms with Gasteiger partial charge in [-0.05, 0) is 49.4 Å². The van der Waals surface area contributed by atoms with Gasteiger partial charge in [0.1, 0.15) is 12.2 Å². The zero-order valence-corrected chi connectivity index (χ0v) is 10.9. The van der Waals surface area contributed by atoms with E-state index in [1.807, 2.05) is 22.6 Å². The van der Waals surface area contributed by atoms with Crippen molar-refractivity contribution in [3.05, 3.63) is 9.66 Å². The van der Waals surface area contributed by atoms with Crippen LogP contribution >= 0.6 is 22.6 Å². The molecule has 1 saturated heterocycles. The maximum atomic E-state index is 11.7. The van der Waals surface area contributed by atoms with Gasteiger partial charge in [0.25, 0.3) is 0 Å². The van der Waals surface area contributed by atoms with E-state index in [1.54, 1.807) is 19.9 Å². The number of ether oxygens (including phenoxy) is 2. The highest BCUT2D eigenvalue weighted by atomic mass is 127. The molecule has 0 bridgehead atoms. The predicted octanol–water partition coefficient (Wildman–Crippen LogP) is 1.16. The smallest absolute Gasteiger partial charge is 0.202 e. The van der Waals surface area contributed by atoms with E-state index in [1.165, 1.54) is 6.92 Å². The van der Waals surface area contributed by atoms with Gasteiger partial charge in [0.05, 0.1) is 3.58 Å². The maximum absolute atomic E-state index is 11.7. The van der Waals surface area contributed by atoms with Crippen LogP contribution in [0, 0.1) is 0 Å². The van der Waals surface area contributed by atoms with Crippen LogP contribution in [0.15, 0.2) is 9.66 Å². The molecule has 0 amide bonds. The Morgan fingerprint density at radius 1 is 1.40 bits per heavy atom. The molecule has 15 heavy (non-hydrogen) atoms. The molecule has 5 heteroatoms. The molecule has 0 saturated carbocycles. The fourth-order valence-corrected chi connectivity index (χ4v) is 2.84. The number of carbonyl (C=O) groups excluding carboxylic acids is 1. The molecule has 4 nitrogen and oxygen atoms in total. The van der Waals surface area contributed by atoms with Gasteiger partial charge in [-0.1, -0.05) is 0 Å². The van der Waals surface area contributed by atoms with E-state index in [0.29, 0.717) is 3.58 Å². The molecular weight excluding hydrogens is 311 g/mol. The van der Waals surface area contributed by atoms with Crippen LogP contribution in [-0.4, -0.2) is 34.5 Å². The molecular formula is C10H13IO4. The largest absolute Gasteiger partial charge is 0.379 e. The Hall–Kier alpha value is 0.0200. The van der Waals surface area contributed by atoms with Gasteiger partial charge in [-0.15, -0.1) is 0 Å². The summed E-state index contributed by atoms with van der Waals surface area (Å²) in [4.78, 5) is 11.7. The minimum Gasteiger partial charge on any atom is -0.379 e. The summed E-state index contributed by atoms with van der Waals surface area (Å²) in [5.74, 6) is -1.05. The number of halogens is 1. The fraction of sp³-hybridized carbons (Fsp3) is 0.700. The molecule has 2 aliphatic rings. The van der Waals surface area contributed by atoms with Crippen molar-refractivity contribution < 1.29 is 19.4 Å². The Morgan fingerprint density at radius 2 is 2.00 bits per heavy atom. The topological polar surface area (TPSA) is 55.8 Å². The third-order valence-electron chi connectivity index (χ3n) is 2.67. The van der Waals surface area contributed by atoms with Gasteiger partial charge in [0.15, 0.2) is 11.4 Å². The van der Waals surface area contributed by atoms with Crippen LogP contribution in [0.25, 0.3) is 0 Å². The van der Waals surface area contributed by atoms with E-state index in [4.69, 9.17) is 9.47 Å². The maximum Gasteiger partial charge on any atom is 0.202 e. The van der Waals surface area contributed by atoms with Gasteiger partial charge in [-0.3, -0.25) is 4.79 Å². The summed E-state index contributed by atoms with van der Waals surface area (Å²) in [5.41, 5.74) is -1.50. The summed E-state index contributed by atoms with van der Waals surface area (Å²) in [6.07, 6.45) is 0.749. The second kappa shape index (κ2) is 3.26. The summed E-state index contributed by atoms with van der Waals surface area (Å²) in [6, 6.07) is 0. The third kappa shape index (κ3) is 1.75. The van der Waals surface area contributed by atoms with Crippen LogP contribution in [0.5, 0.6) is 0 Å². The lowest BCUT2D eigenvalue weighted by atomic mass is 9.85. The molecule has 3 atom stereocenters. The van der Waals surface area contributed by atoms with E-state index in [2.05, 4.69) is 0 Å². The fourth-order valence-electron chi connectivity index (χ4n) is 1.94. The normalized spacial score (nSPS) is 43.8. The highest BCUT2D eigenvalue weighted by Gasteiger charge is 2.55. The SMILES string of the molecule is CC1(C)O[C@H]2C=C(I)C(=O)[C@](C)(O)[C@H]2O1. The van der Waals surface area contributed by atoms with E-state index in [0.717, 1.165) is 0 Å². The first-order valence-electron chi connectivity index (χ1n) is 4.74. The molecule has 0 radical (unpaired) electrons. The van der Waals surface area contributed by atoms with E-state index in [-0.39, 0.29) is 11.9 Å². The minimum atomic E-state index is -1.50. The van der Waals surface area contributed by atoms with Crippen LogP contribution < -0.4 is 0 Å². The van der Waals surface area contributed by atoms with Crippen molar-refractivity contribution in [3.63, 3.8) is 0 Å². The second-order valence-corrected chi connectivity index (χ2v) is 5.67. The zero-order chi connectivity index (χ0) is 11.4. The highest BCUT2D eigenvalue weighted by Crippen LogP contribution is 2.40. The standard InChI is InChI=1S/C10H13IO4/c1-9(2)14-6-4-5(11)7(12)10(3,13)8(6)15-9/h4,6,8,13H,1-3H3/t6-,8-,10-/m0/s1. The summed E-state index contributed by atoms with van der Waals surface area (Å²) in [5, 5.41) is 10.1. The van der Waals surface area contributed by atoms with Crippen LogP contribution in [-0.2, 0) is 14.3 Å². The van der Waals surface area contributed by atoms with Crippen molar-refractivity contribution in [2.24, 2.45) is 0 Å². The van der Waals surface area contributed by atoms with E-state index >= 15 is 0 Å². The number of hydrogen-bond donors (Lipinski definition) is 1. The van der Waals surface area contributed by atoms with Gasteiger partial charge >= 0.3 is 0 Å². The summed E-state index contributed by atoms with van der Waals surface area (Å²) >= 11 is 1.91.